The molecule has 0 saturated carbocycles. The van der Waals surface area contributed by atoms with Gasteiger partial charge in [0.15, 0.2) is 0 Å². The number of carbonyl (C=O) groups excluding carboxylic acids is 2. The van der Waals surface area contributed by atoms with E-state index in [0.29, 0.717) is 24.4 Å². The van der Waals surface area contributed by atoms with Crippen LogP contribution >= 0.6 is 0 Å². The van der Waals surface area contributed by atoms with Gasteiger partial charge in [-0.25, -0.2) is 0 Å². The number of likely N-dealkylation sites (N-methyl/N-ethyl adjacent to an activating group) is 1. The minimum Gasteiger partial charge on any atom is -0.355 e. The molecule has 1 aromatic heterocycles. The predicted molar refractivity (Wildman–Crippen MR) is 126 cm³/mol. The third-order valence-electron chi connectivity index (χ3n) is 4.69. The van der Waals surface area contributed by atoms with Crippen LogP contribution in [0.15, 0.2) is 77.5 Å². The van der Waals surface area contributed by atoms with Crippen LogP contribution in [0.25, 0.3) is 0 Å². The number of benzene rings is 1. The third-order valence-corrected chi connectivity index (χ3v) is 4.69. The van der Waals surface area contributed by atoms with E-state index < -0.39 is 0 Å². The molecular weight excluding hydrogens is 388 g/mol. The first-order valence-electron chi connectivity index (χ1n) is 10.3. The zero-order valence-corrected chi connectivity index (χ0v) is 19.3. The number of nitrogens with one attached hydrogen (secondary N) is 2. The lowest BCUT2D eigenvalue weighted by atomic mass is 9.91. The second-order valence-corrected chi connectivity index (χ2v) is 7.20. The molecule has 0 aliphatic carbocycles. The Balaban J connectivity index is 0.000000399. The van der Waals surface area contributed by atoms with Crippen molar-refractivity contribution in [1.82, 2.24) is 20.4 Å². The molecule has 0 aliphatic heterocycles. The number of aromatic nitrogens is 2. The topological polar surface area (TPSA) is 76.0 Å². The number of rotatable bonds is 8. The smallest absolute Gasteiger partial charge is 0.246 e. The molecule has 0 radical (unpaired) electrons. The fourth-order valence-electron chi connectivity index (χ4n) is 3.00. The van der Waals surface area contributed by atoms with Crippen molar-refractivity contribution >= 4 is 12.3 Å². The van der Waals surface area contributed by atoms with Crippen molar-refractivity contribution in [3.63, 3.8) is 0 Å². The summed E-state index contributed by atoms with van der Waals surface area (Å²) in [5.41, 5.74) is 5.21. The van der Waals surface area contributed by atoms with Crippen LogP contribution in [0.5, 0.6) is 0 Å². The first kappa shape index (κ1) is 25.6. The first-order chi connectivity index (χ1) is 14.8. The Morgan fingerprint density at radius 2 is 1.84 bits per heavy atom. The summed E-state index contributed by atoms with van der Waals surface area (Å²) in [6.45, 7) is 8.60. The Kier molecular flexibility index (Phi) is 11.4. The lowest BCUT2D eigenvalue weighted by Gasteiger charge is -2.14. The average Bonchev–Trinajstić information content (AvgIpc) is 3.20. The highest BCUT2D eigenvalue weighted by atomic mass is 16.1. The summed E-state index contributed by atoms with van der Waals surface area (Å²) in [5, 5.41) is 9.20. The van der Waals surface area contributed by atoms with E-state index in [9.17, 15) is 9.59 Å². The summed E-state index contributed by atoms with van der Waals surface area (Å²) >= 11 is 0. The molecule has 0 fully saturated rings. The molecule has 6 nitrogen and oxygen atoms in total. The van der Waals surface area contributed by atoms with E-state index in [2.05, 4.69) is 59.1 Å². The van der Waals surface area contributed by atoms with Gasteiger partial charge in [0.25, 0.3) is 0 Å². The van der Waals surface area contributed by atoms with Gasteiger partial charge in [0.05, 0.1) is 12.2 Å². The maximum absolute atomic E-state index is 11.5. The van der Waals surface area contributed by atoms with Crippen LogP contribution in [0.3, 0.4) is 0 Å². The van der Waals surface area contributed by atoms with E-state index in [1.807, 2.05) is 52.2 Å². The molecule has 1 heterocycles. The van der Waals surface area contributed by atoms with Gasteiger partial charge in [0, 0.05) is 31.8 Å². The predicted octanol–water partition coefficient (Wildman–Crippen LogP) is 4.04. The van der Waals surface area contributed by atoms with Crippen LogP contribution in [0, 0.1) is 0 Å². The van der Waals surface area contributed by atoms with Gasteiger partial charge in [-0.2, -0.15) is 5.10 Å². The lowest BCUT2D eigenvalue weighted by molar-refractivity contribution is -0.117. The fraction of sp³-hybridized carbons (Fsp3) is 0.320. The van der Waals surface area contributed by atoms with Gasteiger partial charge in [-0.05, 0) is 38.0 Å². The second-order valence-electron chi connectivity index (χ2n) is 7.20. The zero-order chi connectivity index (χ0) is 23.2. The normalized spacial score (nSPS) is 13.0. The van der Waals surface area contributed by atoms with Gasteiger partial charge in [0.1, 0.15) is 0 Å². The molecule has 1 atom stereocenters. The highest BCUT2D eigenvalue weighted by molar-refractivity contribution is 5.93. The highest BCUT2D eigenvalue weighted by Gasteiger charge is 2.08. The van der Waals surface area contributed by atoms with Gasteiger partial charge in [-0.1, -0.05) is 61.1 Å². The zero-order valence-electron chi connectivity index (χ0n) is 19.3. The number of aryl methyl sites for hydroxylation is 1. The Morgan fingerprint density at radius 3 is 2.35 bits per heavy atom. The summed E-state index contributed by atoms with van der Waals surface area (Å²) in [6.07, 6.45) is 8.69. The summed E-state index contributed by atoms with van der Waals surface area (Å²) in [7, 11) is 3.48. The SMILES string of the molecule is C/C=C(/C=C(C)\C=C(/C)C(=O)NC)C(C)c1ccccc1.Cn1ccc(CNC=O)n1. The van der Waals surface area contributed by atoms with Crippen molar-refractivity contribution in [2.24, 2.45) is 7.05 Å². The Labute approximate surface area is 185 Å². The summed E-state index contributed by atoms with van der Waals surface area (Å²) < 4.78 is 1.70. The molecule has 0 spiro atoms. The molecule has 2 N–H and O–H groups in total. The molecule has 6 heteroatoms. The van der Waals surface area contributed by atoms with Gasteiger partial charge in [0.2, 0.25) is 12.3 Å². The lowest BCUT2D eigenvalue weighted by Crippen LogP contribution is -2.18. The molecular formula is C25H34N4O2. The maximum atomic E-state index is 11.5. The maximum Gasteiger partial charge on any atom is 0.246 e. The van der Waals surface area contributed by atoms with Crippen LogP contribution in [0.2, 0.25) is 0 Å². The molecule has 2 amide bonds. The molecule has 1 unspecified atom stereocenters. The van der Waals surface area contributed by atoms with Gasteiger partial charge >= 0.3 is 0 Å². The minimum atomic E-state index is -0.0408. The van der Waals surface area contributed by atoms with E-state index in [-0.39, 0.29) is 5.91 Å². The quantitative estimate of drug-likeness (QED) is 0.383. The highest BCUT2D eigenvalue weighted by Crippen LogP contribution is 2.25. The van der Waals surface area contributed by atoms with Crippen LogP contribution in [0.1, 0.15) is 44.9 Å². The molecule has 166 valence electrons. The number of carbonyl (C=O) groups is 2. The monoisotopic (exact) mass is 422 g/mol. The standard InChI is InChI=1S/C19H25NO.C6H9N3O/c1-6-17(16(4)18-10-8-7-9-11-18)13-14(2)12-15(3)19(21)20-5;1-9-3-2-6(8-9)4-7-5-10/h6-13,16H,1-5H3,(H,20,21);2-3,5H,4H2,1H3,(H,7,10)/b14-13-,15-12+,17-6-;. The fourth-order valence-corrected chi connectivity index (χ4v) is 3.00. The number of nitrogens with zero attached hydrogens (tertiary/aromatic N) is 2. The molecule has 2 rings (SSSR count). The van der Waals surface area contributed by atoms with Crippen molar-refractivity contribution in [2.75, 3.05) is 7.05 Å². The molecule has 31 heavy (non-hydrogen) atoms. The van der Waals surface area contributed by atoms with E-state index in [4.69, 9.17) is 0 Å². The molecule has 2 aromatic rings. The van der Waals surface area contributed by atoms with E-state index >= 15 is 0 Å². The molecule has 0 bridgehead atoms. The second kappa shape index (κ2) is 13.7. The van der Waals surface area contributed by atoms with E-state index in [0.717, 1.165) is 11.3 Å². The molecule has 1 aromatic carbocycles. The third kappa shape index (κ3) is 9.30. The Morgan fingerprint density at radius 1 is 1.16 bits per heavy atom. The number of hydrogen-bond donors (Lipinski definition) is 2. The minimum absolute atomic E-state index is 0.0408. The Hall–Kier alpha value is -3.41. The largest absolute Gasteiger partial charge is 0.355 e. The summed E-state index contributed by atoms with van der Waals surface area (Å²) in [5.74, 6) is 0.292. The van der Waals surface area contributed by atoms with Crippen molar-refractivity contribution in [3.8, 4) is 0 Å². The van der Waals surface area contributed by atoms with Gasteiger partial charge < -0.3 is 10.6 Å². The van der Waals surface area contributed by atoms with E-state index in [1.165, 1.54) is 11.1 Å². The van der Waals surface area contributed by atoms with Crippen LogP contribution in [-0.2, 0) is 23.2 Å². The van der Waals surface area contributed by atoms with E-state index in [1.54, 1.807) is 11.7 Å². The van der Waals surface area contributed by atoms with Gasteiger partial charge in [-0.15, -0.1) is 0 Å². The summed E-state index contributed by atoms with van der Waals surface area (Å²) in [4.78, 5) is 21.4. The molecule has 0 saturated heterocycles. The van der Waals surface area contributed by atoms with Crippen molar-refractivity contribution in [2.45, 2.75) is 40.2 Å². The average molecular weight is 423 g/mol. The van der Waals surface area contributed by atoms with Crippen molar-refractivity contribution < 1.29 is 9.59 Å². The van der Waals surface area contributed by atoms with Crippen LogP contribution in [0.4, 0.5) is 0 Å². The van der Waals surface area contributed by atoms with Crippen LogP contribution < -0.4 is 10.6 Å². The Bertz CT molecular complexity index is 924. The number of hydrogen-bond acceptors (Lipinski definition) is 3. The van der Waals surface area contributed by atoms with Gasteiger partial charge in [-0.3, -0.25) is 14.3 Å². The number of allylic oxidation sites excluding steroid dienone is 5. The van der Waals surface area contributed by atoms with Crippen molar-refractivity contribution in [1.29, 1.82) is 0 Å². The first-order valence-corrected chi connectivity index (χ1v) is 10.3. The summed E-state index contributed by atoms with van der Waals surface area (Å²) in [6, 6.07) is 12.3. The van der Waals surface area contributed by atoms with Crippen LogP contribution in [-0.4, -0.2) is 29.1 Å². The van der Waals surface area contributed by atoms with Crippen molar-refractivity contribution in [3.05, 3.63) is 88.8 Å². The number of amides is 2. The molecule has 0 aliphatic rings.